The van der Waals surface area contributed by atoms with E-state index in [1.54, 1.807) is 23.1 Å². The third-order valence-corrected chi connectivity index (χ3v) is 3.69. The van der Waals surface area contributed by atoms with Crippen molar-refractivity contribution in [2.45, 2.75) is 13.3 Å². The predicted molar refractivity (Wildman–Crippen MR) is 88.7 cm³/mol. The monoisotopic (exact) mass is 310 g/mol. The minimum Gasteiger partial charge on any atom is -0.489 e. The Morgan fingerprint density at radius 2 is 1.96 bits per heavy atom. The number of rotatable bonds is 3. The maximum atomic E-state index is 12.1. The zero-order valence-corrected chi connectivity index (χ0v) is 12.9. The second kappa shape index (κ2) is 6.52. The first-order chi connectivity index (χ1) is 11.1. The van der Waals surface area contributed by atoms with E-state index in [1.807, 2.05) is 30.3 Å². The van der Waals surface area contributed by atoms with E-state index in [4.69, 9.17) is 4.74 Å². The summed E-state index contributed by atoms with van der Waals surface area (Å²) < 4.78 is 5.60. The number of nitrogens with one attached hydrogen (secondary N) is 1. The summed E-state index contributed by atoms with van der Waals surface area (Å²) in [5.74, 6) is 0.509. The minimum atomic E-state index is -0.0876. The molecule has 23 heavy (non-hydrogen) atoms. The van der Waals surface area contributed by atoms with E-state index in [0.717, 1.165) is 11.3 Å². The molecule has 0 saturated heterocycles. The van der Waals surface area contributed by atoms with E-state index in [2.05, 4.69) is 5.32 Å². The van der Waals surface area contributed by atoms with Gasteiger partial charge in [0.1, 0.15) is 12.4 Å². The lowest BCUT2D eigenvalue weighted by Crippen LogP contribution is -2.36. The van der Waals surface area contributed by atoms with Crippen LogP contribution in [-0.2, 0) is 16.0 Å². The van der Waals surface area contributed by atoms with Gasteiger partial charge < -0.3 is 15.0 Å². The number of hydrogen-bond donors (Lipinski definition) is 1. The van der Waals surface area contributed by atoms with Gasteiger partial charge in [-0.2, -0.15) is 0 Å². The molecule has 0 aliphatic carbocycles. The average Bonchev–Trinajstić information content (AvgIpc) is 2.54. The van der Waals surface area contributed by atoms with Crippen LogP contribution in [-0.4, -0.2) is 25.0 Å². The fraction of sp³-hybridized carbons (Fsp3) is 0.222. The lowest BCUT2D eigenvalue weighted by atomic mass is 10.1. The lowest BCUT2D eigenvalue weighted by molar-refractivity contribution is -0.117. The van der Waals surface area contributed by atoms with Gasteiger partial charge in [0, 0.05) is 18.7 Å². The van der Waals surface area contributed by atoms with Gasteiger partial charge in [0.05, 0.1) is 18.7 Å². The molecule has 0 bridgehead atoms. The molecule has 118 valence electrons. The predicted octanol–water partition coefficient (Wildman–Crippen LogP) is 2.61. The Balaban J connectivity index is 1.72. The molecule has 0 aromatic heterocycles. The Morgan fingerprint density at radius 1 is 1.17 bits per heavy atom. The van der Waals surface area contributed by atoms with E-state index in [9.17, 15) is 9.59 Å². The molecular weight excluding hydrogens is 292 g/mol. The maximum Gasteiger partial charge on any atom is 0.228 e. The third kappa shape index (κ3) is 3.51. The normalized spacial score (nSPS) is 13.0. The van der Waals surface area contributed by atoms with Gasteiger partial charge in [-0.1, -0.05) is 30.3 Å². The van der Waals surface area contributed by atoms with Crippen molar-refractivity contribution in [1.82, 2.24) is 0 Å². The number of hydrogen-bond acceptors (Lipinski definition) is 3. The fourth-order valence-electron chi connectivity index (χ4n) is 2.61. The van der Waals surface area contributed by atoms with Crippen molar-refractivity contribution in [3.8, 4) is 5.75 Å². The molecule has 0 fully saturated rings. The molecule has 1 aliphatic heterocycles. The summed E-state index contributed by atoms with van der Waals surface area (Å²) in [6.45, 7) is 2.53. The maximum absolute atomic E-state index is 12.1. The molecule has 1 heterocycles. The van der Waals surface area contributed by atoms with Crippen LogP contribution in [0.15, 0.2) is 48.5 Å². The Hall–Kier alpha value is -2.82. The highest BCUT2D eigenvalue weighted by Gasteiger charge is 2.21. The molecule has 0 radical (unpaired) electrons. The van der Waals surface area contributed by atoms with Crippen LogP contribution in [0.4, 0.5) is 11.4 Å². The molecular formula is C18H18N2O3. The fourth-order valence-corrected chi connectivity index (χ4v) is 2.61. The van der Waals surface area contributed by atoms with E-state index in [1.165, 1.54) is 6.92 Å². The lowest BCUT2D eigenvalue weighted by Gasteiger charge is -2.29. The Bertz CT molecular complexity index is 728. The second-order valence-corrected chi connectivity index (χ2v) is 5.41. The molecule has 0 spiro atoms. The van der Waals surface area contributed by atoms with Gasteiger partial charge in [0.2, 0.25) is 11.8 Å². The first kappa shape index (κ1) is 15.1. The van der Waals surface area contributed by atoms with Gasteiger partial charge in [-0.3, -0.25) is 9.59 Å². The summed E-state index contributed by atoms with van der Waals surface area (Å²) in [6, 6.07) is 14.9. The van der Waals surface area contributed by atoms with Crippen LogP contribution in [0.3, 0.4) is 0 Å². The van der Waals surface area contributed by atoms with Crippen LogP contribution in [0.25, 0.3) is 0 Å². The van der Waals surface area contributed by atoms with Crippen LogP contribution < -0.4 is 15.0 Å². The number of ether oxygens (including phenoxy) is 1. The van der Waals surface area contributed by atoms with Gasteiger partial charge in [-0.25, -0.2) is 0 Å². The molecule has 0 atom stereocenters. The summed E-state index contributed by atoms with van der Waals surface area (Å²) in [5, 5.41) is 2.86. The van der Waals surface area contributed by atoms with Gasteiger partial charge >= 0.3 is 0 Å². The highest BCUT2D eigenvalue weighted by molar-refractivity contribution is 5.96. The van der Waals surface area contributed by atoms with Gasteiger partial charge in [-0.15, -0.1) is 0 Å². The smallest absolute Gasteiger partial charge is 0.228 e. The number of carbonyl (C=O) groups is 2. The van der Waals surface area contributed by atoms with Crippen LogP contribution in [0.1, 0.15) is 12.5 Å². The van der Waals surface area contributed by atoms with E-state index in [0.29, 0.717) is 31.0 Å². The molecule has 2 aromatic rings. The van der Waals surface area contributed by atoms with Crippen molar-refractivity contribution >= 4 is 23.2 Å². The number of anilines is 2. The molecule has 5 nitrogen and oxygen atoms in total. The summed E-state index contributed by atoms with van der Waals surface area (Å²) in [7, 11) is 0. The number of amides is 2. The van der Waals surface area contributed by atoms with Crippen molar-refractivity contribution in [1.29, 1.82) is 0 Å². The highest BCUT2D eigenvalue weighted by Crippen LogP contribution is 2.34. The Kier molecular flexibility index (Phi) is 4.28. The molecule has 1 N–H and O–H groups in total. The van der Waals surface area contributed by atoms with Crippen molar-refractivity contribution in [2.75, 3.05) is 23.4 Å². The first-order valence-corrected chi connectivity index (χ1v) is 7.52. The summed E-state index contributed by atoms with van der Waals surface area (Å²) in [4.78, 5) is 25.4. The molecule has 2 aromatic carbocycles. The number of carbonyl (C=O) groups excluding carboxylic acids is 2. The zero-order chi connectivity index (χ0) is 16.2. The van der Waals surface area contributed by atoms with Gasteiger partial charge in [0.15, 0.2) is 0 Å². The van der Waals surface area contributed by atoms with Crippen LogP contribution in [0.5, 0.6) is 5.75 Å². The quantitative estimate of drug-likeness (QED) is 0.948. The second-order valence-electron chi connectivity index (χ2n) is 5.41. The highest BCUT2D eigenvalue weighted by atomic mass is 16.5. The molecule has 0 saturated carbocycles. The Morgan fingerprint density at radius 3 is 2.70 bits per heavy atom. The van der Waals surface area contributed by atoms with Gasteiger partial charge in [0.25, 0.3) is 0 Å². The van der Waals surface area contributed by atoms with Crippen molar-refractivity contribution < 1.29 is 14.3 Å². The largest absolute Gasteiger partial charge is 0.489 e. The van der Waals surface area contributed by atoms with Crippen molar-refractivity contribution in [3.63, 3.8) is 0 Å². The molecule has 0 unspecified atom stereocenters. The van der Waals surface area contributed by atoms with E-state index in [-0.39, 0.29) is 11.8 Å². The average molecular weight is 310 g/mol. The molecule has 2 amide bonds. The van der Waals surface area contributed by atoms with Gasteiger partial charge in [-0.05, 0) is 17.7 Å². The molecule has 3 rings (SSSR count). The van der Waals surface area contributed by atoms with Crippen LogP contribution in [0, 0.1) is 0 Å². The Labute approximate surface area is 134 Å². The van der Waals surface area contributed by atoms with Crippen LogP contribution >= 0.6 is 0 Å². The summed E-state index contributed by atoms with van der Waals surface area (Å²) >= 11 is 0. The minimum absolute atomic E-state index is 0.0181. The molecule has 5 heteroatoms. The first-order valence-electron chi connectivity index (χ1n) is 7.52. The molecule has 1 aliphatic rings. The SMILES string of the molecule is CC(=O)N1CCOc2cc(NC(=O)Cc3ccccc3)ccc21. The van der Waals surface area contributed by atoms with E-state index >= 15 is 0 Å². The van der Waals surface area contributed by atoms with Crippen molar-refractivity contribution in [3.05, 3.63) is 54.1 Å². The van der Waals surface area contributed by atoms with Crippen LogP contribution in [0.2, 0.25) is 0 Å². The number of nitrogens with zero attached hydrogens (tertiary/aromatic N) is 1. The number of benzene rings is 2. The summed E-state index contributed by atoms with van der Waals surface area (Å²) in [6.07, 6.45) is 0.318. The number of fused-ring (bicyclic) bond motifs is 1. The standard InChI is InChI=1S/C18H18N2O3/c1-13(21)20-9-10-23-17-12-15(7-8-16(17)20)19-18(22)11-14-5-3-2-4-6-14/h2-8,12H,9-11H2,1H3,(H,19,22). The van der Waals surface area contributed by atoms with E-state index < -0.39 is 0 Å². The summed E-state index contributed by atoms with van der Waals surface area (Å²) in [5.41, 5.74) is 2.36. The topological polar surface area (TPSA) is 58.6 Å². The third-order valence-electron chi connectivity index (χ3n) is 3.69. The zero-order valence-electron chi connectivity index (χ0n) is 12.9. The van der Waals surface area contributed by atoms with Crippen molar-refractivity contribution in [2.24, 2.45) is 0 Å².